The number of rotatable bonds is 3. The summed E-state index contributed by atoms with van der Waals surface area (Å²) in [6.45, 7) is 1.42. The van der Waals surface area contributed by atoms with E-state index in [0.29, 0.717) is 17.9 Å². The van der Waals surface area contributed by atoms with Crippen molar-refractivity contribution in [3.05, 3.63) is 28.2 Å². The summed E-state index contributed by atoms with van der Waals surface area (Å²) >= 11 is 3.35. The number of nitrogens with one attached hydrogen (secondary N) is 1. The lowest BCUT2D eigenvalue weighted by Crippen LogP contribution is -2.30. The van der Waals surface area contributed by atoms with Crippen molar-refractivity contribution in [3.8, 4) is 0 Å². The van der Waals surface area contributed by atoms with Gasteiger partial charge in [0.05, 0.1) is 17.9 Å². The Kier molecular flexibility index (Phi) is 4.02. The van der Waals surface area contributed by atoms with Crippen LogP contribution in [0, 0.1) is 0 Å². The van der Waals surface area contributed by atoms with Gasteiger partial charge in [-0.25, -0.2) is 4.79 Å². The maximum absolute atomic E-state index is 11.1. The Labute approximate surface area is 108 Å². The third-order valence-electron chi connectivity index (χ3n) is 2.73. The van der Waals surface area contributed by atoms with Crippen molar-refractivity contribution in [2.24, 2.45) is 0 Å². The number of anilines is 1. The van der Waals surface area contributed by atoms with Gasteiger partial charge in [0.1, 0.15) is 0 Å². The topological polar surface area (TPSA) is 58.6 Å². The van der Waals surface area contributed by atoms with Gasteiger partial charge in [0.25, 0.3) is 0 Å². The van der Waals surface area contributed by atoms with Gasteiger partial charge in [-0.05, 0) is 31.0 Å². The van der Waals surface area contributed by atoms with Crippen molar-refractivity contribution in [2.45, 2.75) is 18.9 Å². The van der Waals surface area contributed by atoms with E-state index in [1.807, 2.05) is 0 Å². The SMILES string of the molecule is O=C(O)c1ccc(Br)cc1NC1CCCOC1. The van der Waals surface area contributed by atoms with E-state index in [2.05, 4.69) is 21.2 Å². The van der Waals surface area contributed by atoms with Crippen LogP contribution in [0.25, 0.3) is 0 Å². The highest BCUT2D eigenvalue weighted by Gasteiger charge is 2.17. The fraction of sp³-hybridized carbons (Fsp3) is 0.417. The van der Waals surface area contributed by atoms with Gasteiger partial charge in [-0.2, -0.15) is 0 Å². The second kappa shape index (κ2) is 5.51. The summed E-state index contributed by atoms with van der Waals surface area (Å²) in [4.78, 5) is 11.1. The lowest BCUT2D eigenvalue weighted by atomic mass is 10.1. The van der Waals surface area contributed by atoms with Crippen LogP contribution in [0.3, 0.4) is 0 Å². The van der Waals surface area contributed by atoms with E-state index >= 15 is 0 Å². The molecule has 1 saturated heterocycles. The van der Waals surface area contributed by atoms with Gasteiger partial charge in [-0.3, -0.25) is 0 Å². The standard InChI is InChI=1S/C12H14BrNO3/c13-8-3-4-10(12(15)16)11(6-8)14-9-2-1-5-17-7-9/h3-4,6,9,14H,1-2,5,7H2,(H,15,16). The first kappa shape index (κ1) is 12.4. The molecule has 1 fully saturated rings. The molecule has 0 bridgehead atoms. The van der Waals surface area contributed by atoms with Crippen molar-refractivity contribution in [1.82, 2.24) is 0 Å². The quantitative estimate of drug-likeness (QED) is 0.901. The van der Waals surface area contributed by atoms with Crippen LogP contribution >= 0.6 is 15.9 Å². The summed E-state index contributed by atoms with van der Waals surface area (Å²) in [6, 6.07) is 5.30. The molecule has 0 radical (unpaired) electrons. The first-order chi connectivity index (χ1) is 8.16. The number of benzene rings is 1. The van der Waals surface area contributed by atoms with Crippen molar-refractivity contribution in [1.29, 1.82) is 0 Å². The zero-order valence-electron chi connectivity index (χ0n) is 9.28. The highest BCUT2D eigenvalue weighted by molar-refractivity contribution is 9.10. The van der Waals surface area contributed by atoms with Gasteiger partial charge < -0.3 is 15.2 Å². The van der Waals surface area contributed by atoms with Crippen molar-refractivity contribution >= 4 is 27.6 Å². The summed E-state index contributed by atoms with van der Waals surface area (Å²) in [7, 11) is 0. The molecule has 1 aliphatic heterocycles. The van der Waals surface area contributed by atoms with Crippen molar-refractivity contribution < 1.29 is 14.6 Å². The molecule has 1 aromatic rings. The van der Waals surface area contributed by atoms with E-state index in [0.717, 1.165) is 23.9 Å². The van der Waals surface area contributed by atoms with Crippen LogP contribution in [0.5, 0.6) is 0 Å². The molecule has 0 amide bonds. The Bertz CT molecular complexity index is 416. The molecule has 1 heterocycles. The van der Waals surface area contributed by atoms with Crippen molar-refractivity contribution in [2.75, 3.05) is 18.5 Å². The molecule has 92 valence electrons. The molecular weight excluding hydrogens is 286 g/mol. The third-order valence-corrected chi connectivity index (χ3v) is 3.23. The van der Waals surface area contributed by atoms with Crippen molar-refractivity contribution in [3.63, 3.8) is 0 Å². The number of hydrogen-bond acceptors (Lipinski definition) is 3. The molecular formula is C12H14BrNO3. The minimum atomic E-state index is -0.920. The number of carboxylic acids is 1. The lowest BCUT2D eigenvalue weighted by molar-refractivity contribution is 0.0696. The molecule has 5 heteroatoms. The molecule has 2 rings (SSSR count). The molecule has 0 saturated carbocycles. The van der Waals surface area contributed by atoms with Crippen LogP contribution in [0.4, 0.5) is 5.69 Å². The van der Waals surface area contributed by atoms with Gasteiger partial charge in [0.15, 0.2) is 0 Å². The van der Waals surface area contributed by atoms with Crippen LogP contribution in [0.2, 0.25) is 0 Å². The molecule has 17 heavy (non-hydrogen) atoms. The van der Waals surface area contributed by atoms with Gasteiger partial charge in [-0.1, -0.05) is 15.9 Å². The number of carboxylic acid groups (broad SMARTS) is 1. The van der Waals surface area contributed by atoms with E-state index in [9.17, 15) is 4.79 Å². The monoisotopic (exact) mass is 299 g/mol. The van der Waals surface area contributed by atoms with E-state index in [1.165, 1.54) is 0 Å². The van der Waals surface area contributed by atoms with Crippen LogP contribution in [0.15, 0.2) is 22.7 Å². The second-order valence-corrected chi connectivity index (χ2v) is 4.97. The first-order valence-electron chi connectivity index (χ1n) is 5.54. The average Bonchev–Trinajstić information content (AvgIpc) is 2.30. The molecule has 1 unspecified atom stereocenters. The fourth-order valence-electron chi connectivity index (χ4n) is 1.90. The van der Waals surface area contributed by atoms with Crippen LogP contribution in [0.1, 0.15) is 23.2 Å². The Morgan fingerprint density at radius 1 is 1.53 bits per heavy atom. The van der Waals surface area contributed by atoms with Crippen LogP contribution in [-0.4, -0.2) is 30.3 Å². The molecule has 1 aromatic carbocycles. The maximum atomic E-state index is 11.1. The lowest BCUT2D eigenvalue weighted by Gasteiger charge is -2.25. The molecule has 0 aliphatic carbocycles. The predicted molar refractivity (Wildman–Crippen MR) is 68.6 cm³/mol. The summed E-state index contributed by atoms with van der Waals surface area (Å²) in [5.41, 5.74) is 0.932. The summed E-state index contributed by atoms with van der Waals surface area (Å²) in [5.74, 6) is -0.920. The molecule has 2 N–H and O–H groups in total. The fourth-order valence-corrected chi connectivity index (χ4v) is 2.26. The van der Waals surface area contributed by atoms with Gasteiger partial charge >= 0.3 is 5.97 Å². The summed E-state index contributed by atoms with van der Waals surface area (Å²) < 4.78 is 6.23. The predicted octanol–water partition coefficient (Wildman–Crippen LogP) is 2.74. The summed E-state index contributed by atoms with van der Waals surface area (Å²) in [5, 5.41) is 12.3. The third kappa shape index (κ3) is 3.20. The number of halogens is 1. The Hall–Kier alpha value is -1.07. The van der Waals surface area contributed by atoms with Gasteiger partial charge in [0.2, 0.25) is 0 Å². The molecule has 4 nitrogen and oxygen atoms in total. The Balaban J connectivity index is 2.17. The first-order valence-corrected chi connectivity index (χ1v) is 6.33. The zero-order chi connectivity index (χ0) is 12.3. The largest absolute Gasteiger partial charge is 0.478 e. The summed E-state index contributed by atoms with van der Waals surface area (Å²) in [6.07, 6.45) is 2.01. The van der Waals surface area contributed by atoms with E-state index in [4.69, 9.17) is 9.84 Å². The molecule has 0 aromatic heterocycles. The van der Waals surface area contributed by atoms with Crippen LogP contribution < -0.4 is 5.32 Å². The molecule has 0 spiro atoms. The average molecular weight is 300 g/mol. The maximum Gasteiger partial charge on any atom is 0.337 e. The highest BCUT2D eigenvalue weighted by Crippen LogP contribution is 2.23. The van der Waals surface area contributed by atoms with E-state index in [1.54, 1.807) is 18.2 Å². The number of carbonyl (C=O) groups is 1. The number of hydrogen-bond donors (Lipinski definition) is 2. The normalized spacial score (nSPS) is 19.9. The second-order valence-electron chi connectivity index (χ2n) is 4.05. The highest BCUT2D eigenvalue weighted by atomic mass is 79.9. The van der Waals surface area contributed by atoms with E-state index < -0.39 is 5.97 Å². The van der Waals surface area contributed by atoms with Crippen LogP contribution in [-0.2, 0) is 4.74 Å². The smallest absolute Gasteiger partial charge is 0.337 e. The zero-order valence-corrected chi connectivity index (χ0v) is 10.9. The number of ether oxygens (including phenoxy) is 1. The Morgan fingerprint density at radius 2 is 2.35 bits per heavy atom. The van der Waals surface area contributed by atoms with E-state index in [-0.39, 0.29) is 6.04 Å². The minimum Gasteiger partial charge on any atom is -0.478 e. The minimum absolute atomic E-state index is 0.191. The number of aromatic carboxylic acids is 1. The Morgan fingerprint density at radius 3 is 3.00 bits per heavy atom. The molecule has 1 aliphatic rings. The van der Waals surface area contributed by atoms with Gasteiger partial charge in [0, 0.05) is 17.1 Å². The van der Waals surface area contributed by atoms with Gasteiger partial charge in [-0.15, -0.1) is 0 Å². The molecule has 1 atom stereocenters.